The standard InChI is InChI=1S/C18H23N5O4/c1-6-7-26-14(5)17(25)27-10-16(24)21-15-9-13(4)22-23(15)18-19-11(2)8-12(3)20-18/h6,8-9,14H,1,7,10H2,2-5H3,(H,21,24). The molecule has 2 aromatic rings. The number of hydrogen-bond donors (Lipinski definition) is 1. The highest BCUT2D eigenvalue weighted by Crippen LogP contribution is 2.15. The van der Waals surface area contributed by atoms with Gasteiger partial charge >= 0.3 is 5.97 Å². The number of rotatable bonds is 8. The number of nitrogens with one attached hydrogen (secondary N) is 1. The van der Waals surface area contributed by atoms with Gasteiger partial charge in [-0.25, -0.2) is 14.8 Å². The maximum Gasteiger partial charge on any atom is 0.335 e. The average Bonchev–Trinajstić information content (AvgIpc) is 2.96. The van der Waals surface area contributed by atoms with Gasteiger partial charge in [0.25, 0.3) is 11.9 Å². The molecule has 1 atom stereocenters. The van der Waals surface area contributed by atoms with E-state index in [4.69, 9.17) is 9.47 Å². The molecule has 0 saturated carbocycles. The van der Waals surface area contributed by atoms with Gasteiger partial charge in [-0.15, -0.1) is 6.58 Å². The molecule has 0 saturated heterocycles. The van der Waals surface area contributed by atoms with Crippen molar-refractivity contribution in [3.63, 3.8) is 0 Å². The van der Waals surface area contributed by atoms with Gasteiger partial charge in [0, 0.05) is 17.5 Å². The number of esters is 1. The topological polar surface area (TPSA) is 108 Å². The average molecular weight is 373 g/mol. The maximum absolute atomic E-state index is 12.2. The van der Waals surface area contributed by atoms with Crippen LogP contribution in [-0.2, 0) is 19.1 Å². The third kappa shape index (κ3) is 5.71. The van der Waals surface area contributed by atoms with Crippen LogP contribution in [0.1, 0.15) is 24.0 Å². The highest BCUT2D eigenvalue weighted by molar-refractivity contribution is 5.92. The minimum absolute atomic E-state index is 0.219. The van der Waals surface area contributed by atoms with Crippen LogP contribution >= 0.6 is 0 Å². The van der Waals surface area contributed by atoms with E-state index in [0.29, 0.717) is 17.5 Å². The molecule has 0 bridgehead atoms. The smallest absolute Gasteiger partial charge is 0.335 e. The SMILES string of the molecule is C=CCOC(C)C(=O)OCC(=O)Nc1cc(C)nn1-c1nc(C)cc(C)n1. The summed E-state index contributed by atoms with van der Waals surface area (Å²) in [6.45, 7) is 10.3. The Hall–Kier alpha value is -3.07. The minimum atomic E-state index is -0.785. The van der Waals surface area contributed by atoms with Gasteiger partial charge in [-0.1, -0.05) is 6.08 Å². The number of aryl methyl sites for hydroxylation is 3. The van der Waals surface area contributed by atoms with Crippen molar-refractivity contribution < 1.29 is 19.1 Å². The van der Waals surface area contributed by atoms with Crippen LogP contribution in [-0.4, -0.2) is 50.9 Å². The van der Waals surface area contributed by atoms with Gasteiger partial charge in [0.15, 0.2) is 12.7 Å². The molecule has 9 heteroatoms. The molecule has 0 aromatic carbocycles. The largest absolute Gasteiger partial charge is 0.454 e. The second-order valence-electron chi connectivity index (χ2n) is 5.95. The molecule has 1 unspecified atom stereocenters. The van der Waals surface area contributed by atoms with Crippen molar-refractivity contribution in [2.24, 2.45) is 0 Å². The van der Waals surface area contributed by atoms with Crippen LogP contribution in [0.5, 0.6) is 0 Å². The number of aromatic nitrogens is 4. The number of anilines is 1. The molecular formula is C18H23N5O4. The van der Waals surface area contributed by atoms with Crippen molar-refractivity contribution in [2.75, 3.05) is 18.5 Å². The Morgan fingerprint density at radius 2 is 1.89 bits per heavy atom. The van der Waals surface area contributed by atoms with Crippen LogP contribution in [0.3, 0.4) is 0 Å². The van der Waals surface area contributed by atoms with Gasteiger partial charge in [0.2, 0.25) is 0 Å². The van der Waals surface area contributed by atoms with E-state index in [1.54, 1.807) is 19.9 Å². The van der Waals surface area contributed by atoms with E-state index < -0.39 is 24.6 Å². The van der Waals surface area contributed by atoms with Crippen molar-refractivity contribution in [1.82, 2.24) is 19.7 Å². The lowest BCUT2D eigenvalue weighted by Gasteiger charge is -2.12. The molecule has 27 heavy (non-hydrogen) atoms. The summed E-state index contributed by atoms with van der Waals surface area (Å²) < 4.78 is 11.5. The Morgan fingerprint density at radius 3 is 2.52 bits per heavy atom. The number of ether oxygens (including phenoxy) is 2. The predicted molar refractivity (Wildman–Crippen MR) is 98.6 cm³/mol. The Kier molecular flexibility index (Phi) is 6.78. The summed E-state index contributed by atoms with van der Waals surface area (Å²) in [4.78, 5) is 32.6. The van der Waals surface area contributed by atoms with Gasteiger partial charge in [0.05, 0.1) is 12.3 Å². The molecule has 2 rings (SSSR count). The molecule has 0 aliphatic heterocycles. The Balaban J connectivity index is 2.04. The summed E-state index contributed by atoms with van der Waals surface area (Å²) >= 11 is 0. The summed E-state index contributed by atoms with van der Waals surface area (Å²) in [5.41, 5.74) is 2.24. The first-order valence-corrected chi connectivity index (χ1v) is 8.38. The van der Waals surface area contributed by atoms with Gasteiger partial charge in [0.1, 0.15) is 5.82 Å². The fourth-order valence-corrected chi connectivity index (χ4v) is 2.26. The van der Waals surface area contributed by atoms with Crippen molar-refractivity contribution in [3.8, 4) is 5.95 Å². The van der Waals surface area contributed by atoms with Crippen LogP contribution in [0.2, 0.25) is 0 Å². The molecule has 0 spiro atoms. The lowest BCUT2D eigenvalue weighted by Crippen LogP contribution is -2.28. The van der Waals surface area contributed by atoms with Crippen LogP contribution in [0.25, 0.3) is 5.95 Å². The lowest BCUT2D eigenvalue weighted by molar-refractivity contribution is -0.157. The molecule has 2 aromatic heterocycles. The highest BCUT2D eigenvalue weighted by Gasteiger charge is 2.18. The van der Waals surface area contributed by atoms with E-state index in [9.17, 15) is 9.59 Å². The highest BCUT2D eigenvalue weighted by atomic mass is 16.6. The van der Waals surface area contributed by atoms with E-state index in [-0.39, 0.29) is 6.61 Å². The number of amides is 1. The van der Waals surface area contributed by atoms with Crippen LogP contribution in [0.4, 0.5) is 5.82 Å². The number of hydrogen-bond acceptors (Lipinski definition) is 7. The summed E-state index contributed by atoms with van der Waals surface area (Å²) in [6.07, 6.45) is 0.738. The molecule has 0 aliphatic rings. The third-order valence-electron chi connectivity index (χ3n) is 3.40. The molecule has 144 valence electrons. The fraction of sp³-hybridized carbons (Fsp3) is 0.389. The first-order valence-electron chi connectivity index (χ1n) is 8.38. The van der Waals surface area contributed by atoms with E-state index in [0.717, 1.165) is 11.4 Å². The van der Waals surface area contributed by atoms with E-state index >= 15 is 0 Å². The summed E-state index contributed by atoms with van der Waals surface area (Å²) in [5.74, 6) is -0.409. The monoisotopic (exact) mass is 373 g/mol. The minimum Gasteiger partial charge on any atom is -0.454 e. The lowest BCUT2D eigenvalue weighted by atomic mass is 10.4. The second kappa shape index (κ2) is 9.04. The van der Waals surface area contributed by atoms with Gasteiger partial charge < -0.3 is 14.8 Å². The van der Waals surface area contributed by atoms with Gasteiger partial charge in [-0.05, 0) is 33.8 Å². The normalized spacial score (nSPS) is 11.7. The Labute approximate surface area is 157 Å². The first-order chi connectivity index (χ1) is 12.8. The Morgan fingerprint density at radius 1 is 1.22 bits per heavy atom. The number of carbonyl (C=O) groups excluding carboxylic acids is 2. The second-order valence-corrected chi connectivity index (χ2v) is 5.95. The van der Waals surface area contributed by atoms with E-state index in [1.165, 1.54) is 10.8 Å². The van der Waals surface area contributed by atoms with Crippen LogP contribution in [0.15, 0.2) is 24.8 Å². The molecule has 9 nitrogen and oxygen atoms in total. The Bertz CT molecular complexity index is 826. The zero-order valence-electron chi connectivity index (χ0n) is 15.9. The molecule has 0 fully saturated rings. The quantitative estimate of drug-likeness (QED) is 0.554. The van der Waals surface area contributed by atoms with E-state index in [2.05, 4.69) is 27.0 Å². The van der Waals surface area contributed by atoms with Crippen LogP contribution in [0, 0.1) is 20.8 Å². The summed E-state index contributed by atoms with van der Waals surface area (Å²) in [5, 5.41) is 6.97. The summed E-state index contributed by atoms with van der Waals surface area (Å²) in [7, 11) is 0. The molecule has 1 N–H and O–H groups in total. The van der Waals surface area contributed by atoms with E-state index in [1.807, 2.05) is 19.9 Å². The molecular weight excluding hydrogens is 350 g/mol. The molecule has 0 aliphatic carbocycles. The molecule has 0 radical (unpaired) electrons. The zero-order chi connectivity index (χ0) is 20.0. The number of carbonyl (C=O) groups is 2. The van der Waals surface area contributed by atoms with Crippen molar-refractivity contribution in [3.05, 3.63) is 41.9 Å². The number of nitrogens with zero attached hydrogens (tertiary/aromatic N) is 4. The van der Waals surface area contributed by atoms with Crippen molar-refractivity contribution >= 4 is 17.7 Å². The molecule has 2 heterocycles. The first kappa shape index (κ1) is 20.2. The van der Waals surface area contributed by atoms with Crippen molar-refractivity contribution in [1.29, 1.82) is 0 Å². The fourth-order valence-electron chi connectivity index (χ4n) is 2.26. The maximum atomic E-state index is 12.2. The third-order valence-corrected chi connectivity index (χ3v) is 3.40. The van der Waals surface area contributed by atoms with Crippen LogP contribution < -0.4 is 5.32 Å². The van der Waals surface area contributed by atoms with Gasteiger partial charge in [-0.2, -0.15) is 9.78 Å². The summed E-state index contributed by atoms with van der Waals surface area (Å²) in [6, 6.07) is 3.52. The predicted octanol–water partition coefficient (Wildman–Crippen LogP) is 1.66. The van der Waals surface area contributed by atoms with Crippen molar-refractivity contribution in [2.45, 2.75) is 33.8 Å². The van der Waals surface area contributed by atoms with Gasteiger partial charge in [-0.3, -0.25) is 4.79 Å². The zero-order valence-corrected chi connectivity index (χ0v) is 15.9. The molecule has 1 amide bonds.